The Hall–Kier alpha value is -1.53. The van der Waals surface area contributed by atoms with Crippen LogP contribution in [0.25, 0.3) is 0 Å². The highest BCUT2D eigenvalue weighted by Gasteiger charge is 2.20. The zero-order chi connectivity index (χ0) is 19.6. The highest BCUT2D eigenvalue weighted by molar-refractivity contribution is 7.99. The van der Waals surface area contributed by atoms with Crippen LogP contribution in [0.2, 0.25) is 5.02 Å². The van der Waals surface area contributed by atoms with Crippen molar-refractivity contribution in [2.75, 3.05) is 32.0 Å². The second-order valence-corrected chi connectivity index (χ2v) is 8.53. The molecule has 0 aromatic heterocycles. The zero-order valence-electron chi connectivity index (χ0n) is 16.0. The van der Waals surface area contributed by atoms with Gasteiger partial charge in [0.25, 0.3) is 0 Å². The van der Waals surface area contributed by atoms with Gasteiger partial charge in [-0.2, -0.15) is 0 Å². The number of thioether (sulfide) groups is 1. The molecule has 1 saturated heterocycles. The maximum atomic E-state index is 12.1. The van der Waals surface area contributed by atoms with Crippen molar-refractivity contribution in [3.05, 3.63) is 65.2 Å². The second-order valence-electron chi connectivity index (χ2n) is 6.92. The fourth-order valence-electron chi connectivity index (χ4n) is 3.16. The van der Waals surface area contributed by atoms with Gasteiger partial charge in [0.15, 0.2) is 0 Å². The molecule has 2 aromatic carbocycles. The average molecular weight is 419 g/mol. The van der Waals surface area contributed by atoms with Gasteiger partial charge in [0.2, 0.25) is 5.91 Å². The van der Waals surface area contributed by atoms with Crippen LogP contribution in [-0.4, -0.2) is 48.9 Å². The molecule has 1 aliphatic heterocycles. The Kier molecular flexibility index (Phi) is 8.68. The fourth-order valence-corrected chi connectivity index (χ4v) is 4.14. The molecule has 0 bridgehead atoms. The predicted molar refractivity (Wildman–Crippen MR) is 116 cm³/mol. The van der Waals surface area contributed by atoms with Crippen molar-refractivity contribution in [3.63, 3.8) is 0 Å². The molecule has 3 rings (SSSR count). The van der Waals surface area contributed by atoms with Gasteiger partial charge >= 0.3 is 0 Å². The fraction of sp³-hybridized carbons (Fsp3) is 0.409. The molecule has 1 heterocycles. The molecule has 0 saturated carbocycles. The number of nitrogens with zero attached hydrogens (tertiary/aromatic N) is 1. The topological polar surface area (TPSA) is 41.6 Å². The lowest BCUT2D eigenvalue weighted by Gasteiger charge is -2.33. The first kappa shape index (κ1) is 21.2. The minimum Gasteiger partial charge on any atom is -0.374 e. The number of benzene rings is 2. The summed E-state index contributed by atoms with van der Waals surface area (Å²) in [6.07, 6.45) is 1.45. The van der Waals surface area contributed by atoms with E-state index in [-0.39, 0.29) is 12.0 Å². The number of morpholine rings is 1. The molecule has 2 aromatic rings. The van der Waals surface area contributed by atoms with Crippen LogP contribution < -0.4 is 5.32 Å². The molecule has 0 aliphatic carbocycles. The first-order valence-corrected chi connectivity index (χ1v) is 11.1. The van der Waals surface area contributed by atoms with E-state index in [0.29, 0.717) is 19.6 Å². The molecule has 28 heavy (non-hydrogen) atoms. The quantitative estimate of drug-likeness (QED) is 0.488. The third-order valence-electron chi connectivity index (χ3n) is 4.63. The van der Waals surface area contributed by atoms with Crippen LogP contribution in [0.4, 0.5) is 0 Å². The lowest BCUT2D eigenvalue weighted by Crippen LogP contribution is -2.47. The van der Waals surface area contributed by atoms with Crippen molar-refractivity contribution in [1.29, 1.82) is 0 Å². The molecular weight excluding hydrogens is 392 g/mol. The van der Waals surface area contributed by atoms with Crippen LogP contribution in [0.5, 0.6) is 0 Å². The summed E-state index contributed by atoms with van der Waals surface area (Å²) in [6.45, 7) is 4.00. The van der Waals surface area contributed by atoms with E-state index in [4.69, 9.17) is 16.3 Å². The highest BCUT2D eigenvalue weighted by atomic mass is 35.5. The minimum atomic E-state index is 0.0601. The molecule has 6 heteroatoms. The van der Waals surface area contributed by atoms with Gasteiger partial charge in [0, 0.05) is 42.5 Å². The molecule has 1 N–H and O–H groups in total. The summed E-state index contributed by atoms with van der Waals surface area (Å²) in [6, 6.07) is 18.3. The lowest BCUT2D eigenvalue weighted by atomic mass is 10.2. The summed E-state index contributed by atoms with van der Waals surface area (Å²) in [5.74, 6) is 1.01. The number of carbonyl (C=O) groups is 1. The summed E-state index contributed by atoms with van der Waals surface area (Å²) in [5, 5.41) is 3.77. The summed E-state index contributed by atoms with van der Waals surface area (Å²) in [4.78, 5) is 15.7. The number of ether oxygens (including phenoxy) is 1. The summed E-state index contributed by atoms with van der Waals surface area (Å²) in [5.41, 5.74) is 1.31. The van der Waals surface area contributed by atoms with E-state index < -0.39 is 0 Å². The molecule has 1 atom stereocenters. The first-order chi connectivity index (χ1) is 13.7. The Morgan fingerprint density at radius 2 is 1.96 bits per heavy atom. The van der Waals surface area contributed by atoms with Crippen LogP contribution in [-0.2, 0) is 16.1 Å². The number of nitrogens with one attached hydrogen (secondary N) is 1. The van der Waals surface area contributed by atoms with Crippen LogP contribution in [0.3, 0.4) is 0 Å². The summed E-state index contributed by atoms with van der Waals surface area (Å²) >= 11 is 7.64. The van der Waals surface area contributed by atoms with Crippen LogP contribution in [0, 0.1) is 0 Å². The van der Waals surface area contributed by atoms with Crippen LogP contribution >= 0.6 is 23.4 Å². The molecule has 1 fully saturated rings. The third-order valence-corrected chi connectivity index (χ3v) is 5.98. The molecule has 4 nitrogen and oxygen atoms in total. The third kappa shape index (κ3) is 7.47. The Labute approximate surface area is 176 Å². The van der Waals surface area contributed by atoms with E-state index in [0.717, 1.165) is 36.8 Å². The van der Waals surface area contributed by atoms with Gasteiger partial charge in [-0.1, -0.05) is 41.9 Å². The van der Waals surface area contributed by atoms with E-state index in [2.05, 4.69) is 34.5 Å². The predicted octanol–water partition coefficient (Wildman–Crippen LogP) is 4.23. The van der Waals surface area contributed by atoms with Gasteiger partial charge in [-0.3, -0.25) is 9.69 Å². The van der Waals surface area contributed by atoms with Gasteiger partial charge in [0.1, 0.15) is 0 Å². The number of carbonyl (C=O) groups excluding carboxylic acids is 1. The van der Waals surface area contributed by atoms with E-state index in [1.807, 2.05) is 30.3 Å². The molecule has 0 spiro atoms. The van der Waals surface area contributed by atoms with Gasteiger partial charge in [-0.25, -0.2) is 0 Å². The van der Waals surface area contributed by atoms with Crippen molar-refractivity contribution < 1.29 is 9.53 Å². The second kappa shape index (κ2) is 11.5. The Morgan fingerprint density at radius 1 is 1.18 bits per heavy atom. The van der Waals surface area contributed by atoms with E-state index >= 15 is 0 Å². The molecular formula is C22H27ClN2O2S. The molecule has 1 amide bonds. The van der Waals surface area contributed by atoms with Crippen molar-refractivity contribution >= 4 is 29.3 Å². The van der Waals surface area contributed by atoms with Crippen molar-refractivity contribution in [2.45, 2.75) is 30.4 Å². The van der Waals surface area contributed by atoms with Gasteiger partial charge in [-0.05, 0) is 42.0 Å². The van der Waals surface area contributed by atoms with Crippen molar-refractivity contribution in [2.24, 2.45) is 0 Å². The van der Waals surface area contributed by atoms with E-state index in [1.54, 1.807) is 11.8 Å². The van der Waals surface area contributed by atoms with Crippen LogP contribution in [0.15, 0.2) is 59.5 Å². The zero-order valence-corrected chi connectivity index (χ0v) is 17.6. The number of rotatable bonds is 9. The number of halogens is 1. The smallest absolute Gasteiger partial charge is 0.220 e. The van der Waals surface area contributed by atoms with E-state index in [9.17, 15) is 4.79 Å². The monoisotopic (exact) mass is 418 g/mol. The highest BCUT2D eigenvalue weighted by Crippen LogP contribution is 2.21. The van der Waals surface area contributed by atoms with Crippen molar-refractivity contribution in [3.8, 4) is 0 Å². The van der Waals surface area contributed by atoms with Crippen LogP contribution in [0.1, 0.15) is 18.4 Å². The number of amides is 1. The molecule has 150 valence electrons. The van der Waals surface area contributed by atoms with Gasteiger partial charge < -0.3 is 10.1 Å². The lowest BCUT2D eigenvalue weighted by molar-refractivity contribution is -0.122. The minimum absolute atomic E-state index is 0.0601. The summed E-state index contributed by atoms with van der Waals surface area (Å²) in [7, 11) is 0. The normalized spacial score (nSPS) is 17.4. The van der Waals surface area contributed by atoms with Gasteiger partial charge in [-0.15, -0.1) is 11.8 Å². The number of hydrogen-bond donors (Lipinski definition) is 1. The standard InChI is InChI=1S/C22H27ClN2O2S/c23-19-8-10-21(11-9-19)28-14-4-7-22(26)24-15-20-17-25(12-13-27-20)16-18-5-2-1-3-6-18/h1-3,5-6,8-11,20H,4,7,12-17H2,(H,24,26). The summed E-state index contributed by atoms with van der Waals surface area (Å²) < 4.78 is 5.82. The maximum absolute atomic E-state index is 12.1. The number of hydrogen-bond acceptors (Lipinski definition) is 4. The largest absolute Gasteiger partial charge is 0.374 e. The van der Waals surface area contributed by atoms with Crippen molar-refractivity contribution in [1.82, 2.24) is 10.2 Å². The molecule has 0 radical (unpaired) electrons. The maximum Gasteiger partial charge on any atom is 0.220 e. The first-order valence-electron chi connectivity index (χ1n) is 9.72. The van der Waals surface area contributed by atoms with E-state index in [1.165, 1.54) is 10.5 Å². The SMILES string of the molecule is O=C(CCCSc1ccc(Cl)cc1)NCC1CN(Cc2ccccc2)CCO1. The Balaban J connectivity index is 1.30. The average Bonchev–Trinajstić information content (AvgIpc) is 2.72. The molecule has 1 unspecified atom stereocenters. The molecule has 1 aliphatic rings. The Bertz CT molecular complexity index is 727. The Morgan fingerprint density at radius 3 is 2.75 bits per heavy atom. The van der Waals surface area contributed by atoms with Gasteiger partial charge in [0.05, 0.1) is 12.7 Å².